The first kappa shape index (κ1) is 15.8. The lowest BCUT2D eigenvalue weighted by Crippen LogP contribution is -2.27. The predicted octanol–water partition coefficient (Wildman–Crippen LogP) is 3.05. The molecule has 0 aliphatic carbocycles. The molecule has 0 aromatic heterocycles. The highest BCUT2D eigenvalue weighted by atomic mass is 19.1. The first-order valence-electron chi connectivity index (χ1n) is 6.78. The Labute approximate surface area is 129 Å². The quantitative estimate of drug-likeness (QED) is 0.852. The molecule has 0 aliphatic rings. The van der Waals surface area contributed by atoms with Crippen molar-refractivity contribution in [2.24, 2.45) is 0 Å². The fraction of sp³-hybridized carbons (Fsp3) is 0.235. The topological polar surface area (TPSA) is 38.8 Å². The Morgan fingerprint density at radius 2 is 1.68 bits per heavy atom. The van der Waals surface area contributed by atoms with Gasteiger partial charge in [-0.15, -0.1) is 0 Å². The molecular weight excluding hydrogens is 285 g/mol. The molecule has 0 fully saturated rings. The normalized spacial score (nSPS) is 10.2. The van der Waals surface area contributed by atoms with Gasteiger partial charge in [-0.05, 0) is 29.8 Å². The minimum atomic E-state index is -0.315. The average Bonchev–Trinajstić information content (AvgIpc) is 2.55. The van der Waals surface area contributed by atoms with Gasteiger partial charge in [0.15, 0.2) is 11.5 Å². The predicted molar refractivity (Wildman–Crippen MR) is 83.1 cm³/mol. The van der Waals surface area contributed by atoms with Crippen molar-refractivity contribution in [2.45, 2.75) is 6.42 Å². The zero-order valence-electron chi connectivity index (χ0n) is 12.8. The van der Waals surface area contributed by atoms with Crippen LogP contribution in [0.2, 0.25) is 0 Å². The summed E-state index contributed by atoms with van der Waals surface area (Å²) in [7, 11) is 4.79. The monoisotopic (exact) mass is 303 g/mol. The van der Waals surface area contributed by atoms with Crippen molar-refractivity contribution in [3.8, 4) is 11.5 Å². The second-order valence-corrected chi connectivity index (χ2v) is 4.80. The molecule has 0 saturated heterocycles. The van der Waals surface area contributed by atoms with Crippen molar-refractivity contribution in [1.82, 2.24) is 0 Å². The Balaban J connectivity index is 2.14. The molecule has 0 heterocycles. The molecule has 2 aromatic rings. The number of carbonyl (C=O) groups excluding carboxylic acids is 1. The molecule has 0 spiro atoms. The lowest BCUT2D eigenvalue weighted by atomic mass is 10.1. The zero-order valence-corrected chi connectivity index (χ0v) is 12.8. The number of ether oxygens (including phenoxy) is 2. The molecule has 0 unspecified atom stereocenters. The fourth-order valence-electron chi connectivity index (χ4n) is 2.07. The van der Waals surface area contributed by atoms with Crippen LogP contribution in [0.15, 0.2) is 42.5 Å². The van der Waals surface area contributed by atoms with Crippen LogP contribution >= 0.6 is 0 Å². The summed E-state index contributed by atoms with van der Waals surface area (Å²) in [6.45, 7) is 0. The minimum absolute atomic E-state index is 0.0983. The Hall–Kier alpha value is -2.56. The number of benzene rings is 2. The lowest BCUT2D eigenvalue weighted by molar-refractivity contribution is -0.117. The Morgan fingerprint density at radius 3 is 2.27 bits per heavy atom. The van der Waals surface area contributed by atoms with E-state index in [4.69, 9.17) is 9.47 Å². The van der Waals surface area contributed by atoms with Crippen molar-refractivity contribution < 1.29 is 18.7 Å². The maximum atomic E-state index is 12.9. The summed E-state index contributed by atoms with van der Waals surface area (Å²) in [5.41, 5.74) is 1.46. The van der Waals surface area contributed by atoms with E-state index in [0.29, 0.717) is 17.2 Å². The summed E-state index contributed by atoms with van der Waals surface area (Å²) < 4.78 is 23.3. The lowest BCUT2D eigenvalue weighted by Gasteiger charge is -2.19. The van der Waals surface area contributed by atoms with Gasteiger partial charge in [0.05, 0.1) is 20.6 Å². The van der Waals surface area contributed by atoms with E-state index in [1.54, 1.807) is 51.6 Å². The molecule has 2 rings (SSSR count). The van der Waals surface area contributed by atoms with Crippen molar-refractivity contribution >= 4 is 11.6 Å². The number of hydrogen-bond donors (Lipinski definition) is 0. The number of methoxy groups -OCH3 is 2. The van der Waals surface area contributed by atoms with Gasteiger partial charge in [-0.3, -0.25) is 4.79 Å². The molecule has 22 heavy (non-hydrogen) atoms. The second-order valence-electron chi connectivity index (χ2n) is 4.80. The first-order chi connectivity index (χ1) is 10.5. The standard InChI is InChI=1S/C17H18FNO3/c1-19(14-8-9-15(21-2)16(11-14)22-3)17(20)10-12-4-6-13(18)7-5-12/h4-9,11H,10H2,1-3H3. The average molecular weight is 303 g/mol. The largest absolute Gasteiger partial charge is 0.493 e. The van der Waals surface area contributed by atoms with Gasteiger partial charge in [-0.2, -0.15) is 0 Å². The fourth-order valence-corrected chi connectivity index (χ4v) is 2.07. The van der Waals surface area contributed by atoms with Crippen LogP contribution in [0.25, 0.3) is 0 Å². The maximum absolute atomic E-state index is 12.9. The highest BCUT2D eigenvalue weighted by molar-refractivity contribution is 5.94. The number of anilines is 1. The Morgan fingerprint density at radius 1 is 1.05 bits per heavy atom. The number of nitrogens with zero attached hydrogens (tertiary/aromatic N) is 1. The molecule has 4 nitrogen and oxygen atoms in total. The van der Waals surface area contributed by atoms with Gasteiger partial charge in [0.1, 0.15) is 5.82 Å². The van der Waals surface area contributed by atoms with Crippen molar-refractivity contribution in [3.05, 3.63) is 53.8 Å². The number of carbonyl (C=O) groups is 1. The van der Waals surface area contributed by atoms with E-state index >= 15 is 0 Å². The van der Waals surface area contributed by atoms with Crippen LogP contribution in [0, 0.1) is 5.82 Å². The third kappa shape index (κ3) is 3.55. The van der Waals surface area contributed by atoms with Gasteiger partial charge >= 0.3 is 0 Å². The molecular formula is C17H18FNO3. The summed E-state index contributed by atoms with van der Waals surface area (Å²) in [6.07, 6.45) is 0.200. The van der Waals surface area contributed by atoms with E-state index in [2.05, 4.69) is 0 Å². The molecule has 2 aromatic carbocycles. The molecule has 0 N–H and O–H groups in total. The summed E-state index contributed by atoms with van der Waals surface area (Å²) in [4.78, 5) is 13.8. The van der Waals surface area contributed by atoms with Gasteiger partial charge in [0, 0.05) is 18.8 Å². The van der Waals surface area contributed by atoms with E-state index in [0.717, 1.165) is 5.56 Å². The van der Waals surface area contributed by atoms with E-state index in [-0.39, 0.29) is 18.1 Å². The molecule has 0 saturated carbocycles. The van der Waals surface area contributed by atoms with E-state index < -0.39 is 0 Å². The molecule has 1 amide bonds. The van der Waals surface area contributed by atoms with Crippen LogP contribution < -0.4 is 14.4 Å². The molecule has 0 aliphatic heterocycles. The van der Waals surface area contributed by atoms with Crippen LogP contribution in [-0.2, 0) is 11.2 Å². The summed E-state index contributed by atoms with van der Waals surface area (Å²) in [5, 5.41) is 0. The third-order valence-corrected chi connectivity index (χ3v) is 3.40. The molecule has 0 bridgehead atoms. The SMILES string of the molecule is COc1ccc(N(C)C(=O)Cc2ccc(F)cc2)cc1OC. The van der Waals surface area contributed by atoms with Crippen LogP contribution in [0.4, 0.5) is 10.1 Å². The number of halogens is 1. The second kappa shape index (κ2) is 6.93. The summed E-state index contributed by atoms with van der Waals surface area (Å²) in [6, 6.07) is 11.2. The highest BCUT2D eigenvalue weighted by Gasteiger charge is 2.14. The van der Waals surface area contributed by atoms with Crippen LogP contribution in [0.5, 0.6) is 11.5 Å². The van der Waals surface area contributed by atoms with Gasteiger partial charge in [0.2, 0.25) is 5.91 Å². The van der Waals surface area contributed by atoms with Crippen LogP contribution in [0.1, 0.15) is 5.56 Å². The number of likely N-dealkylation sites (N-methyl/N-ethyl adjacent to an activating group) is 1. The van der Waals surface area contributed by atoms with Gasteiger partial charge in [0.25, 0.3) is 0 Å². The molecule has 0 atom stereocenters. The van der Waals surface area contributed by atoms with Gasteiger partial charge < -0.3 is 14.4 Å². The highest BCUT2D eigenvalue weighted by Crippen LogP contribution is 2.31. The van der Waals surface area contributed by atoms with Crippen molar-refractivity contribution in [1.29, 1.82) is 0 Å². The van der Waals surface area contributed by atoms with E-state index in [1.807, 2.05) is 0 Å². The smallest absolute Gasteiger partial charge is 0.231 e. The van der Waals surface area contributed by atoms with Crippen LogP contribution in [-0.4, -0.2) is 27.2 Å². The summed E-state index contributed by atoms with van der Waals surface area (Å²) in [5.74, 6) is 0.746. The van der Waals surface area contributed by atoms with Crippen LogP contribution in [0.3, 0.4) is 0 Å². The number of hydrogen-bond acceptors (Lipinski definition) is 3. The Bertz CT molecular complexity index is 655. The zero-order chi connectivity index (χ0) is 16.1. The van der Waals surface area contributed by atoms with Gasteiger partial charge in [-0.25, -0.2) is 4.39 Å². The number of amides is 1. The first-order valence-corrected chi connectivity index (χ1v) is 6.78. The Kier molecular flexibility index (Phi) is 4.99. The maximum Gasteiger partial charge on any atom is 0.231 e. The van der Waals surface area contributed by atoms with E-state index in [1.165, 1.54) is 17.0 Å². The van der Waals surface area contributed by atoms with Gasteiger partial charge in [-0.1, -0.05) is 12.1 Å². The van der Waals surface area contributed by atoms with Crippen molar-refractivity contribution in [2.75, 3.05) is 26.2 Å². The molecule has 5 heteroatoms. The van der Waals surface area contributed by atoms with Crippen molar-refractivity contribution in [3.63, 3.8) is 0 Å². The van der Waals surface area contributed by atoms with E-state index in [9.17, 15) is 9.18 Å². The third-order valence-electron chi connectivity index (χ3n) is 3.40. The number of rotatable bonds is 5. The molecule has 0 radical (unpaired) electrons. The molecule has 116 valence electrons. The summed E-state index contributed by atoms with van der Waals surface area (Å²) >= 11 is 0. The minimum Gasteiger partial charge on any atom is -0.493 e.